The number of halogens is 2. The number of aliphatic hydroxyl groups is 1. The molecule has 2 rings (SSSR count). The third kappa shape index (κ3) is 2.41. The predicted molar refractivity (Wildman–Crippen MR) is 57.9 cm³/mol. The van der Waals surface area contributed by atoms with E-state index in [1.165, 1.54) is 12.4 Å². The Morgan fingerprint density at radius 3 is 3.00 bits per heavy atom. The molecule has 0 saturated heterocycles. The van der Waals surface area contributed by atoms with E-state index in [0.717, 1.165) is 0 Å². The summed E-state index contributed by atoms with van der Waals surface area (Å²) in [5, 5.41) is 10.9. The minimum Gasteiger partial charge on any atom is -0.390 e. The van der Waals surface area contributed by atoms with Crippen LogP contribution in [0.15, 0.2) is 18.6 Å². The summed E-state index contributed by atoms with van der Waals surface area (Å²) in [6.45, 7) is -1.96. The Bertz CT molecular complexity index is 527. The third-order valence-electron chi connectivity index (χ3n) is 2.14. The maximum atomic E-state index is 12.9. The summed E-state index contributed by atoms with van der Waals surface area (Å²) < 4.78 is 27.3. The number of alkyl halides is 2. The van der Waals surface area contributed by atoms with Crippen molar-refractivity contribution in [3.05, 3.63) is 18.6 Å². The maximum absolute atomic E-state index is 12.9. The Labute approximate surface area is 95.1 Å². The number of nitrogen functional groups attached to an aromatic ring is 1. The fourth-order valence-corrected chi connectivity index (χ4v) is 1.34. The van der Waals surface area contributed by atoms with Crippen molar-refractivity contribution in [2.24, 2.45) is 0 Å². The number of rotatable bonds is 4. The van der Waals surface area contributed by atoms with Crippen LogP contribution in [0, 0.1) is 0 Å². The lowest BCUT2D eigenvalue weighted by Crippen LogP contribution is -2.31. The van der Waals surface area contributed by atoms with Crippen LogP contribution in [-0.4, -0.2) is 38.5 Å². The van der Waals surface area contributed by atoms with Gasteiger partial charge in [0.2, 0.25) is 0 Å². The highest BCUT2D eigenvalue weighted by Gasteiger charge is 2.27. The number of hydrogen-bond acceptors (Lipinski definition) is 5. The van der Waals surface area contributed by atoms with Crippen LogP contribution in [0.25, 0.3) is 5.65 Å². The summed E-state index contributed by atoms with van der Waals surface area (Å²) >= 11 is 0. The van der Waals surface area contributed by atoms with Crippen molar-refractivity contribution in [3.8, 4) is 0 Å². The zero-order valence-corrected chi connectivity index (χ0v) is 8.77. The number of aromatic nitrogens is 3. The number of hydrogen-bond donors (Lipinski definition) is 3. The van der Waals surface area contributed by atoms with Crippen LogP contribution in [0.4, 0.5) is 20.4 Å². The smallest absolute Gasteiger partial charge is 0.287 e. The molecular formula is C9H11F2N5O. The molecule has 0 bridgehead atoms. The Morgan fingerprint density at radius 1 is 1.53 bits per heavy atom. The average Bonchev–Trinajstić information content (AvgIpc) is 2.73. The van der Waals surface area contributed by atoms with Gasteiger partial charge in [0, 0.05) is 12.4 Å². The van der Waals surface area contributed by atoms with E-state index in [1.807, 2.05) is 0 Å². The van der Waals surface area contributed by atoms with E-state index in [1.54, 1.807) is 10.6 Å². The van der Waals surface area contributed by atoms with Crippen molar-refractivity contribution in [1.82, 2.24) is 14.4 Å². The van der Waals surface area contributed by atoms with Gasteiger partial charge >= 0.3 is 0 Å². The molecule has 0 atom stereocenters. The Kier molecular flexibility index (Phi) is 2.80. The topological polar surface area (TPSA) is 88.5 Å². The summed E-state index contributed by atoms with van der Waals surface area (Å²) in [4.78, 5) is 7.84. The lowest BCUT2D eigenvalue weighted by Gasteiger charge is -2.14. The highest BCUT2D eigenvalue weighted by Crippen LogP contribution is 2.17. The number of nitrogens with zero attached hydrogens (tertiary/aromatic N) is 3. The van der Waals surface area contributed by atoms with E-state index < -0.39 is 19.1 Å². The number of imidazole rings is 1. The lowest BCUT2D eigenvalue weighted by molar-refractivity contribution is -0.0373. The van der Waals surface area contributed by atoms with Gasteiger partial charge in [0.05, 0.1) is 12.7 Å². The normalized spacial score (nSPS) is 11.9. The van der Waals surface area contributed by atoms with E-state index in [4.69, 9.17) is 10.8 Å². The Hall–Kier alpha value is -1.96. The molecule has 0 aliphatic heterocycles. The molecule has 6 nitrogen and oxygen atoms in total. The summed E-state index contributed by atoms with van der Waals surface area (Å²) in [6.07, 6.45) is 4.66. The van der Waals surface area contributed by atoms with E-state index in [9.17, 15) is 8.78 Å². The zero-order valence-electron chi connectivity index (χ0n) is 8.77. The van der Waals surface area contributed by atoms with Crippen molar-refractivity contribution in [3.63, 3.8) is 0 Å². The number of fused-ring (bicyclic) bond motifs is 1. The van der Waals surface area contributed by atoms with Gasteiger partial charge in [-0.3, -0.25) is 0 Å². The Morgan fingerprint density at radius 2 is 2.29 bits per heavy atom. The first kappa shape index (κ1) is 11.5. The quantitative estimate of drug-likeness (QED) is 0.721. The van der Waals surface area contributed by atoms with Gasteiger partial charge in [-0.05, 0) is 0 Å². The molecule has 0 aliphatic carbocycles. The highest BCUT2D eigenvalue weighted by atomic mass is 19.3. The molecular weight excluding hydrogens is 232 g/mol. The number of anilines is 2. The van der Waals surface area contributed by atoms with E-state index in [0.29, 0.717) is 5.65 Å². The Balaban J connectivity index is 2.26. The number of nitrogens with one attached hydrogen (secondary N) is 1. The molecule has 0 fully saturated rings. The first-order valence-electron chi connectivity index (χ1n) is 4.83. The van der Waals surface area contributed by atoms with Crippen LogP contribution in [0.1, 0.15) is 0 Å². The number of nitrogens with two attached hydrogens (primary N) is 1. The molecule has 92 valence electrons. The fourth-order valence-electron chi connectivity index (χ4n) is 1.34. The fraction of sp³-hybridized carbons (Fsp3) is 0.333. The second-order valence-corrected chi connectivity index (χ2v) is 3.54. The lowest BCUT2D eigenvalue weighted by atomic mass is 10.3. The largest absolute Gasteiger partial charge is 0.390 e. The predicted octanol–water partition coefficient (Wildman–Crippen LogP) is 0.351. The second-order valence-electron chi connectivity index (χ2n) is 3.54. The molecule has 17 heavy (non-hydrogen) atoms. The zero-order chi connectivity index (χ0) is 12.5. The third-order valence-corrected chi connectivity index (χ3v) is 2.14. The van der Waals surface area contributed by atoms with Crippen molar-refractivity contribution < 1.29 is 13.9 Å². The van der Waals surface area contributed by atoms with Crippen molar-refractivity contribution >= 4 is 17.3 Å². The van der Waals surface area contributed by atoms with E-state index >= 15 is 0 Å². The molecule has 0 amide bonds. The molecule has 0 saturated carbocycles. The minimum absolute atomic E-state index is 0.156. The molecule has 2 aromatic rings. The van der Waals surface area contributed by atoms with Gasteiger partial charge in [-0.25, -0.2) is 18.7 Å². The minimum atomic E-state index is -3.21. The van der Waals surface area contributed by atoms with Gasteiger partial charge in [0.1, 0.15) is 12.4 Å². The van der Waals surface area contributed by atoms with Crippen LogP contribution in [0.5, 0.6) is 0 Å². The summed E-state index contributed by atoms with van der Waals surface area (Å²) in [6, 6.07) is 0. The van der Waals surface area contributed by atoms with Gasteiger partial charge in [-0.2, -0.15) is 0 Å². The molecule has 0 spiro atoms. The summed E-state index contributed by atoms with van der Waals surface area (Å²) in [5.74, 6) is -2.87. The van der Waals surface area contributed by atoms with Crippen LogP contribution in [0.2, 0.25) is 0 Å². The van der Waals surface area contributed by atoms with Crippen LogP contribution in [-0.2, 0) is 0 Å². The average molecular weight is 243 g/mol. The molecule has 4 N–H and O–H groups in total. The SMILES string of the molecule is Nc1cn2ccnc2c(NCC(F)(F)CO)n1. The van der Waals surface area contributed by atoms with Gasteiger partial charge in [-0.1, -0.05) is 0 Å². The first-order valence-corrected chi connectivity index (χ1v) is 4.83. The molecule has 2 aromatic heterocycles. The monoisotopic (exact) mass is 243 g/mol. The van der Waals surface area contributed by atoms with Crippen molar-refractivity contribution in [1.29, 1.82) is 0 Å². The number of aliphatic hydroxyl groups excluding tert-OH is 1. The first-order chi connectivity index (χ1) is 8.02. The summed E-state index contributed by atoms with van der Waals surface area (Å²) in [7, 11) is 0. The van der Waals surface area contributed by atoms with Crippen LogP contribution < -0.4 is 11.1 Å². The van der Waals surface area contributed by atoms with Crippen LogP contribution in [0.3, 0.4) is 0 Å². The van der Waals surface area contributed by atoms with Gasteiger partial charge < -0.3 is 20.6 Å². The van der Waals surface area contributed by atoms with Gasteiger partial charge in [0.25, 0.3) is 5.92 Å². The maximum Gasteiger partial charge on any atom is 0.287 e. The summed E-state index contributed by atoms with van der Waals surface area (Å²) in [5.41, 5.74) is 5.92. The molecule has 0 unspecified atom stereocenters. The second kappa shape index (κ2) is 4.13. The van der Waals surface area contributed by atoms with E-state index in [2.05, 4.69) is 15.3 Å². The highest BCUT2D eigenvalue weighted by molar-refractivity contribution is 5.64. The van der Waals surface area contributed by atoms with Crippen LogP contribution >= 0.6 is 0 Å². The van der Waals surface area contributed by atoms with Gasteiger partial charge in [0.15, 0.2) is 11.5 Å². The van der Waals surface area contributed by atoms with Crippen molar-refractivity contribution in [2.75, 3.05) is 24.2 Å². The van der Waals surface area contributed by atoms with Crippen molar-refractivity contribution in [2.45, 2.75) is 5.92 Å². The molecule has 0 radical (unpaired) electrons. The molecule has 2 heterocycles. The van der Waals surface area contributed by atoms with Gasteiger partial charge in [-0.15, -0.1) is 0 Å². The molecule has 0 aliphatic rings. The van der Waals surface area contributed by atoms with E-state index in [-0.39, 0.29) is 11.6 Å². The molecule has 0 aromatic carbocycles. The standard InChI is InChI=1S/C9H11F2N5O/c10-9(11,5-17)4-14-7-8-13-1-2-16(8)3-6(12)15-7/h1-3,17H,4-5,12H2,(H,14,15). The molecule has 8 heteroatoms.